The summed E-state index contributed by atoms with van der Waals surface area (Å²) in [7, 11) is 0. The van der Waals surface area contributed by atoms with E-state index in [1.54, 1.807) is 0 Å². The smallest absolute Gasteiger partial charge is 0.144 e. The second-order valence-electron chi connectivity index (χ2n) is 4.91. The first-order valence-corrected chi connectivity index (χ1v) is 6.42. The zero-order valence-corrected chi connectivity index (χ0v) is 11.5. The minimum atomic E-state index is -0.251. The molecule has 0 fully saturated rings. The van der Waals surface area contributed by atoms with Gasteiger partial charge >= 0.3 is 0 Å². The standard InChI is InChI=1S/C12H27N3O3/c1-12(2,11(13)15-17)5-3-4-6-14-7-9-18-10-8-16/h14,16-17H,3-10H2,1-2H3,(H2,13,15). The molecule has 0 heterocycles. The lowest BCUT2D eigenvalue weighted by Gasteiger charge is -2.22. The van der Waals surface area contributed by atoms with Crippen LogP contribution in [-0.4, -0.2) is 49.1 Å². The first-order valence-electron chi connectivity index (χ1n) is 6.42. The normalized spacial score (nSPS) is 12.9. The van der Waals surface area contributed by atoms with Gasteiger partial charge < -0.3 is 26.1 Å². The number of amidine groups is 1. The van der Waals surface area contributed by atoms with Gasteiger partial charge in [-0.2, -0.15) is 0 Å². The van der Waals surface area contributed by atoms with Crippen molar-refractivity contribution in [3.63, 3.8) is 0 Å². The SMILES string of the molecule is CC(C)(CCCCNCCOCCO)C(N)=NO. The van der Waals surface area contributed by atoms with Crippen molar-refractivity contribution in [2.24, 2.45) is 16.3 Å². The van der Waals surface area contributed by atoms with Gasteiger partial charge in [0.15, 0.2) is 0 Å². The number of nitrogens with two attached hydrogens (primary N) is 1. The molecule has 0 bridgehead atoms. The minimum absolute atomic E-state index is 0.0723. The molecule has 18 heavy (non-hydrogen) atoms. The number of aliphatic hydroxyl groups excluding tert-OH is 1. The van der Waals surface area contributed by atoms with E-state index in [1.807, 2.05) is 13.8 Å². The molecule has 0 aliphatic carbocycles. The lowest BCUT2D eigenvalue weighted by molar-refractivity contribution is 0.0939. The van der Waals surface area contributed by atoms with Crippen molar-refractivity contribution in [1.29, 1.82) is 0 Å². The molecule has 0 aliphatic rings. The number of nitrogens with zero attached hydrogens (tertiary/aromatic N) is 1. The van der Waals surface area contributed by atoms with E-state index in [1.165, 1.54) is 0 Å². The van der Waals surface area contributed by atoms with E-state index in [9.17, 15) is 0 Å². The van der Waals surface area contributed by atoms with Crippen molar-refractivity contribution in [1.82, 2.24) is 5.32 Å². The van der Waals surface area contributed by atoms with Crippen molar-refractivity contribution < 1.29 is 15.1 Å². The highest BCUT2D eigenvalue weighted by atomic mass is 16.5. The van der Waals surface area contributed by atoms with Gasteiger partial charge in [-0.25, -0.2) is 0 Å². The molecule has 0 saturated heterocycles. The van der Waals surface area contributed by atoms with E-state index in [0.29, 0.717) is 13.2 Å². The summed E-state index contributed by atoms with van der Waals surface area (Å²) >= 11 is 0. The molecule has 0 radical (unpaired) electrons. The topological polar surface area (TPSA) is 100 Å². The van der Waals surface area contributed by atoms with Gasteiger partial charge in [0.1, 0.15) is 5.84 Å². The molecule has 0 saturated carbocycles. The third kappa shape index (κ3) is 8.27. The first-order chi connectivity index (χ1) is 8.54. The van der Waals surface area contributed by atoms with Crippen LogP contribution in [0.4, 0.5) is 0 Å². The molecule has 5 N–H and O–H groups in total. The molecule has 0 amide bonds. The second kappa shape index (κ2) is 10.1. The third-order valence-electron chi connectivity index (χ3n) is 2.87. The molecule has 6 nitrogen and oxygen atoms in total. The summed E-state index contributed by atoms with van der Waals surface area (Å²) in [5.41, 5.74) is 5.36. The number of aliphatic hydroxyl groups is 1. The Morgan fingerprint density at radius 1 is 1.28 bits per heavy atom. The number of hydrogen-bond donors (Lipinski definition) is 4. The maximum absolute atomic E-state index is 8.63. The van der Waals surface area contributed by atoms with Crippen LogP contribution in [0.15, 0.2) is 5.16 Å². The van der Waals surface area contributed by atoms with Gasteiger partial charge in [0.05, 0.1) is 19.8 Å². The van der Waals surface area contributed by atoms with Crippen molar-refractivity contribution in [2.45, 2.75) is 33.1 Å². The zero-order valence-electron chi connectivity index (χ0n) is 11.5. The Kier molecular flexibility index (Phi) is 9.63. The summed E-state index contributed by atoms with van der Waals surface area (Å²) in [4.78, 5) is 0. The third-order valence-corrected chi connectivity index (χ3v) is 2.87. The molecule has 6 heteroatoms. The number of oxime groups is 1. The highest BCUT2D eigenvalue weighted by Gasteiger charge is 2.22. The van der Waals surface area contributed by atoms with Crippen molar-refractivity contribution in [3.05, 3.63) is 0 Å². The zero-order chi connectivity index (χ0) is 13.9. The molecule has 0 spiro atoms. The fraction of sp³-hybridized carbons (Fsp3) is 0.917. The Labute approximate surface area is 109 Å². The van der Waals surface area contributed by atoms with Crippen LogP contribution in [0.25, 0.3) is 0 Å². The lowest BCUT2D eigenvalue weighted by atomic mass is 9.86. The molecule has 0 aromatic heterocycles. The maximum atomic E-state index is 8.63. The van der Waals surface area contributed by atoms with Gasteiger partial charge in [-0.3, -0.25) is 0 Å². The predicted octanol–water partition coefficient (Wildman–Crippen LogP) is 0.528. The minimum Gasteiger partial charge on any atom is -0.409 e. The quantitative estimate of drug-likeness (QED) is 0.143. The van der Waals surface area contributed by atoms with Gasteiger partial charge in [-0.1, -0.05) is 25.4 Å². The monoisotopic (exact) mass is 261 g/mol. The summed E-state index contributed by atoms with van der Waals surface area (Å²) in [6.07, 6.45) is 2.96. The van der Waals surface area contributed by atoms with Gasteiger partial charge in [-0.05, 0) is 19.4 Å². The van der Waals surface area contributed by atoms with Crippen LogP contribution in [0.1, 0.15) is 33.1 Å². The van der Waals surface area contributed by atoms with E-state index in [4.69, 9.17) is 20.8 Å². The van der Waals surface area contributed by atoms with Gasteiger partial charge in [0.25, 0.3) is 0 Å². The van der Waals surface area contributed by atoms with Crippen molar-refractivity contribution in [3.8, 4) is 0 Å². The highest BCUT2D eigenvalue weighted by Crippen LogP contribution is 2.22. The number of unbranched alkanes of at least 4 members (excludes halogenated alkanes) is 1. The van der Waals surface area contributed by atoms with E-state index < -0.39 is 0 Å². The van der Waals surface area contributed by atoms with Gasteiger partial charge in [-0.15, -0.1) is 0 Å². The number of nitrogens with one attached hydrogen (secondary N) is 1. The van der Waals surface area contributed by atoms with Crippen LogP contribution >= 0.6 is 0 Å². The molecular weight excluding hydrogens is 234 g/mol. The summed E-state index contributed by atoms with van der Waals surface area (Å²) in [5, 5.41) is 23.4. The molecule has 0 rings (SSSR count). The van der Waals surface area contributed by atoms with Crippen LogP contribution < -0.4 is 11.1 Å². The van der Waals surface area contributed by atoms with Crippen LogP contribution in [-0.2, 0) is 4.74 Å². The molecular formula is C12H27N3O3. The molecule has 108 valence electrons. The average Bonchev–Trinajstić information content (AvgIpc) is 2.35. The molecule has 0 aliphatic heterocycles. The Balaban J connectivity index is 3.40. The van der Waals surface area contributed by atoms with E-state index in [0.717, 1.165) is 32.4 Å². The Morgan fingerprint density at radius 2 is 2.00 bits per heavy atom. The fourth-order valence-corrected chi connectivity index (χ4v) is 1.52. The molecule has 0 aromatic rings. The fourth-order valence-electron chi connectivity index (χ4n) is 1.52. The van der Waals surface area contributed by atoms with Crippen molar-refractivity contribution in [2.75, 3.05) is 32.9 Å². The van der Waals surface area contributed by atoms with Crippen LogP contribution in [0.2, 0.25) is 0 Å². The summed E-state index contributed by atoms with van der Waals surface area (Å²) < 4.78 is 5.12. The maximum Gasteiger partial charge on any atom is 0.144 e. The number of rotatable bonds is 11. The van der Waals surface area contributed by atoms with Gasteiger partial charge in [0, 0.05) is 12.0 Å². The summed E-state index contributed by atoms with van der Waals surface area (Å²) in [5.74, 6) is 0.285. The lowest BCUT2D eigenvalue weighted by Crippen LogP contribution is -2.32. The van der Waals surface area contributed by atoms with E-state index in [-0.39, 0.29) is 17.9 Å². The largest absolute Gasteiger partial charge is 0.409 e. The van der Waals surface area contributed by atoms with Crippen molar-refractivity contribution >= 4 is 5.84 Å². The number of hydrogen-bond acceptors (Lipinski definition) is 5. The van der Waals surface area contributed by atoms with E-state index >= 15 is 0 Å². The number of ether oxygens (including phenoxy) is 1. The van der Waals surface area contributed by atoms with Crippen LogP contribution in [0.5, 0.6) is 0 Å². The molecule has 0 aromatic carbocycles. The van der Waals surface area contributed by atoms with Crippen LogP contribution in [0.3, 0.4) is 0 Å². The Hall–Kier alpha value is -0.850. The van der Waals surface area contributed by atoms with Gasteiger partial charge in [0.2, 0.25) is 0 Å². The van der Waals surface area contributed by atoms with Crippen LogP contribution in [0, 0.1) is 5.41 Å². The first kappa shape index (κ1) is 17.2. The van der Waals surface area contributed by atoms with E-state index in [2.05, 4.69) is 10.5 Å². The summed E-state index contributed by atoms with van der Waals surface area (Å²) in [6.45, 7) is 6.75. The molecule has 0 unspecified atom stereocenters. The summed E-state index contributed by atoms with van der Waals surface area (Å²) in [6, 6.07) is 0. The average molecular weight is 261 g/mol. The second-order valence-corrected chi connectivity index (χ2v) is 4.91. The predicted molar refractivity (Wildman–Crippen MR) is 71.8 cm³/mol. The highest BCUT2D eigenvalue weighted by molar-refractivity contribution is 5.85. The molecule has 0 atom stereocenters. The Morgan fingerprint density at radius 3 is 2.61 bits per heavy atom. The Bertz CT molecular complexity index is 233.